The number of hydrogen-bond acceptors (Lipinski definition) is 2. The molecule has 1 saturated heterocycles. The lowest BCUT2D eigenvalue weighted by molar-refractivity contribution is 0.0868. The number of piperidine rings is 1. The molecular formula is C16H24N2O. The predicted molar refractivity (Wildman–Crippen MR) is 78.3 cm³/mol. The molecule has 1 heterocycles. The number of benzene rings is 1. The zero-order valence-corrected chi connectivity index (χ0v) is 12.1. The number of carbonyl (C=O) groups is 1. The van der Waals surface area contributed by atoms with Gasteiger partial charge in [-0.05, 0) is 42.5 Å². The molecule has 2 rings (SSSR count). The van der Waals surface area contributed by atoms with Gasteiger partial charge in [0.15, 0.2) is 0 Å². The molecule has 1 fully saturated rings. The van der Waals surface area contributed by atoms with Crippen LogP contribution in [0, 0.1) is 5.41 Å². The molecule has 0 aliphatic carbocycles. The second-order valence-corrected chi connectivity index (χ2v) is 6.03. The highest BCUT2D eigenvalue weighted by Gasteiger charge is 2.33. The Kier molecular flexibility index (Phi) is 4.25. The van der Waals surface area contributed by atoms with Gasteiger partial charge in [0.25, 0.3) is 5.91 Å². The van der Waals surface area contributed by atoms with E-state index < -0.39 is 0 Å². The lowest BCUT2D eigenvalue weighted by Gasteiger charge is -2.39. The van der Waals surface area contributed by atoms with Gasteiger partial charge in [-0.15, -0.1) is 0 Å². The molecule has 1 amide bonds. The SMILES string of the molecule is CCc1ccc(C(=O)NC2CCNCC2(C)C)cc1. The van der Waals surface area contributed by atoms with Crippen LogP contribution in [-0.4, -0.2) is 25.0 Å². The van der Waals surface area contributed by atoms with Crippen molar-refractivity contribution in [1.82, 2.24) is 10.6 Å². The third-order valence-electron chi connectivity index (χ3n) is 4.06. The zero-order chi connectivity index (χ0) is 13.9. The standard InChI is InChI=1S/C16H24N2O/c1-4-12-5-7-13(8-6-12)15(19)18-14-9-10-17-11-16(14,2)3/h5-8,14,17H,4,9-11H2,1-3H3,(H,18,19). The van der Waals surface area contributed by atoms with Gasteiger partial charge >= 0.3 is 0 Å². The molecule has 0 aromatic heterocycles. The molecule has 1 atom stereocenters. The van der Waals surface area contributed by atoms with Crippen molar-refractivity contribution in [3.63, 3.8) is 0 Å². The third-order valence-corrected chi connectivity index (χ3v) is 4.06. The number of hydrogen-bond donors (Lipinski definition) is 2. The number of rotatable bonds is 3. The first-order chi connectivity index (χ1) is 9.03. The Balaban J connectivity index is 2.03. The van der Waals surface area contributed by atoms with Gasteiger partial charge in [-0.3, -0.25) is 4.79 Å². The highest BCUT2D eigenvalue weighted by atomic mass is 16.1. The second kappa shape index (κ2) is 5.74. The third kappa shape index (κ3) is 3.35. The van der Waals surface area contributed by atoms with E-state index in [-0.39, 0.29) is 17.4 Å². The number of amides is 1. The van der Waals surface area contributed by atoms with Gasteiger partial charge < -0.3 is 10.6 Å². The van der Waals surface area contributed by atoms with Crippen molar-refractivity contribution in [2.45, 2.75) is 39.7 Å². The van der Waals surface area contributed by atoms with Crippen LogP contribution in [0.5, 0.6) is 0 Å². The van der Waals surface area contributed by atoms with Gasteiger partial charge in [-0.25, -0.2) is 0 Å². The summed E-state index contributed by atoms with van der Waals surface area (Å²) in [6, 6.07) is 8.14. The van der Waals surface area contributed by atoms with Gasteiger partial charge in [-0.1, -0.05) is 32.9 Å². The molecule has 1 aliphatic heterocycles. The van der Waals surface area contributed by atoms with Crippen molar-refractivity contribution < 1.29 is 4.79 Å². The van der Waals surface area contributed by atoms with E-state index in [0.29, 0.717) is 0 Å². The van der Waals surface area contributed by atoms with E-state index in [4.69, 9.17) is 0 Å². The van der Waals surface area contributed by atoms with Gasteiger partial charge in [0.2, 0.25) is 0 Å². The Hall–Kier alpha value is -1.35. The molecule has 19 heavy (non-hydrogen) atoms. The van der Waals surface area contributed by atoms with Crippen molar-refractivity contribution in [2.75, 3.05) is 13.1 Å². The fraction of sp³-hybridized carbons (Fsp3) is 0.562. The van der Waals surface area contributed by atoms with E-state index in [1.54, 1.807) is 0 Å². The van der Waals surface area contributed by atoms with Crippen LogP contribution >= 0.6 is 0 Å². The largest absolute Gasteiger partial charge is 0.349 e. The van der Waals surface area contributed by atoms with Crippen LogP contribution in [-0.2, 0) is 6.42 Å². The van der Waals surface area contributed by atoms with Crippen LogP contribution in [0.4, 0.5) is 0 Å². The van der Waals surface area contributed by atoms with E-state index in [1.807, 2.05) is 24.3 Å². The van der Waals surface area contributed by atoms with Crippen molar-refractivity contribution >= 4 is 5.91 Å². The van der Waals surface area contributed by atoms with Gasteiger partial charge in [-0.2, -0.15) is 0 Å². The number of aryl methyl sites for hydroxylation is 1. The van der Waals surface area contributed by atoms with E-state index in [2.05, 4.69) is 31.4 Å². The lowest BCUT2D eigenvalue weighted by atomic mass is 9.80. The molecule has 3 heteroatoms. The van der Waals surface area contributed by atoms with Gasteiger partial charge in [0, 0.05) is 18.2 Å². The van der Waals surface area contributed by atoms with Crippen LogP contribution in [0.15, 0.2) is 24.3 Å². The molecule has 3 nitrogen and oxygen atoms in total. The summed E-state index contributed by atoms with van der Waals surface area (Å²) in [7, 11) is 0. The van der Waals surface area contributed by atoms with Crippen molar-refractivity contribution in [3.05, 3.63) is 35.4 Å². The minimum absolute atomic E-state index is 0.0441. The summed E-state index contributed by atoms with van der Waals surface area (Å²) < 4.78 is 0. The van der Waals surface area contributed by atoms with Crippen LogP contribution in [0.25, 0.3) is 0 Å². The van der Waals surface area contributed by atoms with Crippen LogP contribution in [0.1, 0.15) is 43.1 Å². The smallest absolute Gasteiger partial charge is 0.251 e. The monoisotopic (exact) mass is 260 g/mol. The minimum atomic E-state index is 0.0441. The Labute approximate surface area is 115 Å². The molecule has 1 unspecified atom stereocenters. The van der Waals surface area contributed by atoms with Gasteiger partial charge in [0.05, 0.1) is 0 Å². The van der Waals surface area contributed by atoms with Crippen LogP contribution < -0.4 is 10.6 Å². The average molecular weight is 260 g/mol. The Morgan fingerprint density at radius 1 is 1.37 bits per heavy atom. The maximum atomic E-state index is 12.3. The fourth-order valence-electron chi connectivity index (χ4n) is 2.57. The summed E-state index contributed by atoms with van der Waals surface area (Å²) in [5, 5.41) is 6.57. The predicted octanol–water partition coefficient (Wildman–Crippen LogP) is 2.37. The molecule has 1 aliphatic rings. The molecular weight excluding hydrogens is 236 g/mol. The summed E-state index contributed by atoms with van der Waals surface area (Å²) in [4.78, 5) is 12.3. The highest BCUT2D eigenvalue weighted by molar-refractivity contribution is 5.94. The molecule has 2 N–H and O–H groups in total. The maximum Gasteiger partial charge on any atom is 0.251 e. The molecule has 0 spiro atoms. The van der Waals surface area contributed by atoms with E-state index in [0.717, 1.165) is 31.5 Å². The quantitative estimate of drug-likeness (QED) is 0.876. The second-order valence-electron chi connectivity index (χ2n) is 6.03. The number of carbonyl (C=O) groups excluding carboxylic acids is 1. The zero-order valence-electron chi connectivity index (χ0n) is 12.1. The Morgan fingerprint density at radius 2 is 2.05 bits per heavy atom. The summed E-state index contributed by atoms with van der Waals surface area (Å²) in [6.07, 6.45) is 2.00. The molecule has 1 aromatic rings. The summed E-state index contributed by atoms with van der Waals surface area (Å²) in [6.45, 7) is 8.44. The molecule has 1 aromatic carbocycles. The fourth-order valence-corrected chi connectivity index (χ4v) is 2.57. The Morgan fingerprint density at radius 3 is 2.63 bits per heavy atom. The topological polar surface area (TPSA) is 41.1 Å². The Bertz CT molecular complexity index is 437. The lowest BCUT2D eigenvalue weighted by Crippen LogP contribution is -2.54. The first kappa shape index (κ1) is 14.1. The summed E-state index contributed by atoms with van der Waals surface area (Å²) >= 11 is 0. The minimum Gasteiger partial charge on any atom is -0.349 e. The van der Waals surface area contributed by atoms with E-state index >= 15 is 0 Å². The average Bonchev–Trinajstić information content (AvgIpc) is 2.41. The van der Waals surface area contributed by atoms with E-state index in [9.17, 15) is 4.79 Å². The highest BCUT2D eigenvalue weighted by Crippen LogP contribution is 2.25. The molecule has 0 bridgehead atoms. The first-order valence-corrected chi connectivity index (χ1v) is 7.13. The molecule has 104 valence electrons. The summed E-state index contributed by atoms with van der Waals surface area (Å²) in [5.74, 6) is 0.0441. The van der Waals surface area contributed by atoms with E-state index in [1.165, 1.54) is 5.56 Å². The van der Waals surface area contributed by atoms with Crippen molar-refractivity contribution in [2.24, 2.45) is 5.41 Å². The summed E-state index contributed by atoms with van der Waals surface area (Å²) in [5.41, 5.74) is 2.13. The van der Waals surface area contributed by atoms with Crippen molar-refractivity contribution in [3.8, 4) is 0 Å². The molecule has 0 radical (unpaired) electrons. The first-order valence-electron chi connectivity index (χ1n) is 7.13. The number of nitrogens with one attached hydrogen (secondary N) is 2. The van der Waals surface area contributed by atoms with Crippen LogP contribution in [0.2, 0.25) is 0 Å². The van der Waals surface area contributed by atoms with Gasteiger partial charge in [0.1, 0.15) is 0 Å². The molecule has 0 saturated carbocycles. The normalized spacial score (nSPS) is 21.9. The maximum absolute atomic E-state index is 12.3. The van der Waals surface area contributed by atoms with Crippen LogP contribution in [0.3, 0.4) is 0 Å². The van der Waals surface area contributed by atoms with Crippen molar-refractivity contribution in [1.29, 1.82) is 0 Å².